The van der Waals surface area contributed by atoms with Crippen LogP contribution in [0.25, 0.3) is 6.08 Å². The number of amides is 1. The summed E-state index contributed by atoms with van der Waals surface area (Å²) in [5, 5.41) is 21.0. The van der Waals surface area contributed by atoms with Gasteiger partial charge in [-0.1, -0.05) is 18.2 Å². The minimum Gasteiger partial charge on any atom is -0.493 e. The zero-order chi connectivity index (χ0) is 19.8. The second kappa shape index (κ2) is 9.06. The number of nitrogens with one attached hydrogen (secondary N) is 1. The van der Waals surface area contributed by atoms with Crippen molar-refractivity contribution in [2.45, 2.75) is 6.92 Å². The highest BCUT2D eigenvalue weighted by Crippen LogP contribution is 2.29. The van der Waals surface area contributed by atoms with Crippen LogP contribution in [0.4, 0.5) is 5.69 Å². The number of benzene rings is 2. The molecule has 2 N–H and O–H groups in total. The lowest BCUT2D eigenvalue weighted by atomic mass is 10.1. The van der Waals surface area contributed by atoms with Crippen LogP contribution >= 0.6 is 0 Å². The van der Waals surface area contributed by atoms with Crippen LogP contribution in [-0.4, -0.2) is 30.7 Å². The molecule has 0 bridgehead atoms. The van der Waals surface area contributed by atoms with E-state index in [1.165, 1.54) is 25.3 Å². The third-order valence-corrected chi connectivity index (χ3v) is 3.57. The lowest BCUT2D eigenvalue weighted by Gasteiger charge is -2.10. The van der Waals surface area contributed by atoms with Crippen molar-refractivity contribution in [2.75, 3.05) is 19.0 Å². The molecule has 0 fully saturated rings. The Balaban J connectivity index is 2.31. The lowest BCUT2D eigenvalue weighted by molar-refractivity contribution is -0.112. The Bertz CT molecular complexity index is 928. The molecule has 0 heterocycles. The molecule has 0 unspecified atom stereocenters. The predicted octanol–water partition coefficient (Wildman–Crippen LogP) is 3.34. The van der Waals surface area contributed by atoms with Gasteiger partial charge >= 0.3 is 5.97 Å². The van der Waals surface area contributed by atoms with Gasteiger partial charge in [0.05, 0.1) is 25.0 Å². The molecule has 138 valence electrons. The average Bonchev–Trinajstić information content (AvgIpc) is 2.66. The Morgan fingerprint density at radius 1 is 1.22 bits per heavy atom. The Labute approximate surface area is 156 Å². The van der Waals surface area contributed by atoms with Gasteiger partial charge in [-0.2, -0.15) is 5.26 Å². The van der Waals surface area contributed by atoms with Crippen molar-refractivity contribution in [2.24, 2.45) is 0 Å². The number of para-hydroxylation sites is 1. The number of hydrogen-bond acceptors (Lipinski definition) is 5. The maximum atomic E-state index is 12.4. The van der Waals surface area contributed by atoms with Gasteiger partial charge in [0, 0.05) is 0 Å². The smallest absolute Gasteiger partial charge is 0.337 e. The van der Waals surface area contributed by atoms with Crippen LogP contribution < -0.4 is 14.8 Å². The number of carbonyl (C=O) groups excluding carboxylic acids is 1. The fourth-order valence-electron chi connectivity index (χ4n) is 2.33. The first-order valence-corrected chi connectivity index (χ1v) is 8.06. The Morgan fingerprint density at radius 2 is 1.96 bits per heavy atom. The van der Waals surface area contributed by atoms with E-state index in [1.54, 1.807) is 30.3 Å². The summed E-state index contributed by atoms with van der Waals surface area (Å²) in [6, 6.07) is 12.8. The molecule has 27 heavy (non-hydrogen) atoms. The maximum Gasteiger partial charge on any atom is 0.337 e. The number of hydrogen-bond donors (Lipinski definition) is 2. The third-order valence-electron chi connectivity index (χ3n) is 3.57. The van der Waals surface area contributed by atoms with Gasteiger partial charge in [-0.3, -0.25) is 4.79 Å². The SMILES string of the molecule is CCOc1cc(/C=C(\C#N)C(=O)Nc2ccccc2C(=O)O)ccc1OC. The second-order valence-electron chi connectivity index (χ2n) is 5.32. The summed E-state index contributed by atoms with van der Waals surface area (Å²) < 4.78 is 10.7. The number of methoxy groups -OCH3 is 1. The monoisotopic (exact) mass is 366 g/mol. The lowest BCUT2D eigenvalue weighted by Crippen LogP contribution is -2.16. The molecule has 7 heteroatoms. The molecule has 2 aromatic rings. The zero-order valence-electron chi connectivity index (χ0n) is 14.9. The minimum absolute atomic E-state index is 0.0637. The molecule has 0 aromatic heterocycles. The fraction of sp³-hybridized carbons (Fsp3) is 0.150. The van der Waals surface area contributed by atoms with Crippen molar-refractivity contribution in [1.82, 2.24) is 0 Å². The molecule has 0 saturated heterocycles. The van der Waals surface area contributed by atoms with E-state index < -0.39 is 11.9 Å². The quantitative estimate of drug-likeness (QED) is 0.575. The number of nitrogens with zero attached hydrogens (tertiary/aromatic N) is 1. The van der Waals surface area contributed by atoms with Crippen LogP contribution in [0.1, 0.15) is 22.8 Å². The van der Waals surface area contributed by atoms with Crippen molar-refractivity contribution >= 4 is 23.6 Å². The Morgan fingerprint density at radius 3 is 2.59 bits per heavy atom. The molecule has 7 nitrogen and oxygen atoms in total. The summed E-state index contributed by atoms with van der Waals surface area (Å²) >= 11 is 0. The molecular weight excluding hydrogens is 348 g/mol. The van der Waals surface area contributed by atoms with Crippen molar-refractivity contribution in [1.29, 1.82) is 5.26 Å². The van der Waals surface area contributed by atoms with Crippen molar-refractivity contribution < 1.29 is 24.2 Å². The zero-order valence-corrected chi connectivity index (χ0v) is 14.9. The first kappa shape index (κ1) is 19.5. The third kappa shape index (κ3) is 4.86. The van der Waals surface area contributed by atoms with Crippen LogP contribution in [0.5, 0.6) is 11.5 Å². The van der Waals surface area contributed by atoms with E-state index in [0.717, 1.165) is 0 Å². The summed E-state index contributed by atoms with van der Waals surface area (Å²) in [4.78, 5) is 23.6. The molecule has 0 aliphatic rings. The molecule has 2 aromatic carbocycles. The van der Waals surface area contributed by atoms with E-state index in [-0.39, 0.29) is 16.8 Å². The van der Waals surface area contributed by atoms with E-state index in [4.69, 9.17) is 9.47 Å². The number of rotatable bonds is 7. The molecule has 0 aliphatic heterocycles. The van der Waals surface area contributed by atoms with Gasteiger partial charge in [0.1, 0.15) is 11.6 Å². The van der Waals surface area contributed by atoms with Gasteiger partial charge in [0.15, 0.2) is 11.5 Å². The van der Waals surface area contributed by atoms with Crippen molar-refractivity contribution in [3.63, 3.8) is 0 Å². The van der Waals surface area contributed by atoms with Gasteiger partial charge in [-0.15, -0.1) is 0 Å². The molecule has 0 spiro atoms. The first-order valence-electron chi connectivity index (χ1n) is 8.06. The van der Waals surface area contributed by atoms with Gasteiger partial charge < -0.3 is 19.9 Å². The topological polar surface area (TPSA) is 109 Å². The second-order valence-corrected chi connectivity index (χ2v) is 5.32. The van der Waals surface area contributed by atoms with Gasteiger partial charge in [0.25, 0.3) is 5.91 Å². The first-order chi connectivity index (χ1) is 13.0. The molecule has 0 saturated carbocycles. The van der Waals surface area contributed by atoms with Crippen molar-refractivity contribution in [3.05, 3.63) is 59.2 Å². The molecule has 2 rings (SSSR count). The highest BCUT2D eigenvalue weighted by molar-refractivity contribution is 6.11. The Hall–Kier alpha value is -3.79. The average molecular weight is 366 g/mol. The molecule has 0 aliphatic carbocycles. The number of nitriles is 1. The fourth-order valence-corrected chi connectivity index (χ4v) is 2.33. The number of carboxylic acid groups (broad SMARTS) is 1. The highest BCUT2D eigenvalue weighted by atomic mass is 16.5. The highest BCUT2D eigenvalue weighted by Gasteiger charge is 2.15. The van der Waals surface area contributed by atoms with Crippen LogP contribution in [0, 0.1) is 11.3 Å². The predicted molar refractivity (Wildman–Crippen MR) is 99.8 cm³/mol. The maximum absolute atomic E-state index is 12.4. The van der Waals surface area contributed by atoms with Gasteiger partial charge in [-0.25, -0.2) is 4.79 Å². The van der Waals surface area contributed by atoms with E-state index >= 15 is 0 Å². The Kier molecular flexibility index (Phi) is 6.55. The number of carbonyl (C=O) groups is 2. The van der Waals surface area contributed by atoms with Crippen LogP contribution in [-0.2, 0) is 4.79 Å². The standard InChI is InChI=1S/C20H18N2O5/c1-3-27-18-11-13(8-9-17(18)26-2)10-14(12-21)19(23)22-16-7-5-4-6-15(16)20(24)25/h4-11H,3H2,1-2H3,(H,22,23)(H,24,25)/b14-10+. The van der Waals surface area contributed by atoms with Crippen LogP contribution in [0.3, 0.4) is 0 Å². The number of anilines is 1. The van der Waals surface area contributed by atoms with Crippen molar-refractivity contribution in [3.8, 4) is 17.6 Å². The number of carboxylic acids is 1. The molecule has 1 amide bonds. The molecule has 0 atom stereocenters. The molecular formula is C20H18N2O5. The minimum atomic E-state index is -1.18. The summed E-state index contributed by atoms with van der Waals surface area (Å²) in [6.45, 7) is 2.26. The van der Waals surface area contributed by atoms with Gasteiger partial charge in [-0.05, 0) is 42.8 Å². The summed E-state index contributed by atoms with van der Waals surface area (Å²) in [6.07, 6.45) is 1.39. The normalized spacial score (nSPS) is 10.6. The summed E-state index contributed by atoms with van der Waals surface area (Å²) in [5.74, 6) is -0.861. The summed E-state index contributed by atoms with van der Waals surface area (Å²) in [7, 11) is 1.52. The summed E-state index contributed by atoms with van der Waals surface area (Å²) in [5.41, 5.74) is 0.437. The van der Waals surface area contributed by atoms with Crippen LogP contribution in [0.2, 0.25) is 0 Å². The van der Waals surface area contributed by atoms with Crippen LogP contribution in [0.15, 0.2) is 48.0 Å². The van der Waals surface area contributed by atoms with E-state index in [9.17, 15) is 20.0 Å². The van der Waals surface area contributed by atoms with E-state index in [1.807, 2.05) is 13.0 Å². The number of aromatic carboxylic acids is 1. The molecule has 0 radical (unpaired) electrons. The van der Waals surface area contributed by atoms with E-state index in [2.05, 4.69) is 5.32 Å². The van der Waals surface area contributed by atoms with E-state index in [0.29, 0.717) is 23.7 Å². The van der Waals surface area contributed by atoms with Gasteiger partial charge in [0.2, 0.25) is 0 Å². The number of ether oxygens (including phenoxy) is 2. The largest absolute Gasteiger partial charge is 0.493 e.